The molecule has 0 aliphatic carbocycles. The van der Waals surface area contributed by atoms with Crippen molar-refractivity contribution in [2.75, 3.05) is 14.2 Å². The minimum Gasteiger partial charge on any atom is -0.493 e. The molecule has 3 aromatic rings. The number of halogens is 1. The number of hydrogen-bond acceptors (Lipinski definition) is 4. The fourth-order valence-corrected chi connectivity index (χ4v) is 2.79. The average Bonchev–Trinajstić information content (AvgIpc) is 2.61. The number of carbonyl (C=O) groups excluding carboxylic acids is 1. The van der Waals surface area contributed by atoms with Crippen LogP contribution in [0.15, 0.2) is 42.6 Å². The molecule has 0 spiro atoms. The third-order valence-corrected chi connectivity index (χ3v) is 4.27. The van der Waals surface area contributed by atoms with Crippen molar-refractivity contribution in [3.05, 3.63) is 64.3 Å². The van der Waals surface area contributed by atoms with Gasteiger partial charge in [0, 0.05) is 23.2 Å². The lowest BCUT2D eigenvalue weighted by Crippen LogP contribution is -2.04. The Morgan fingerprint density at radius 3 is 2.29 bits per heavy atom. The molecule has 1 heterocycles. The molecule has 0 unspecified atom stereocenters. The Balaban J connectivity index is 2.14. The Morgan fingerprint density at radius 2 is 1.67 bits per heavy atom. The van der Waals surface area contributed by atoms with E-state index in [4.69, 9.17) is 21.1 Å². The fraction of sp³-hybridized carbons (Fsp3) is 0.158. The van der Waals surface area contributed by atoms with Crippen molar-refractivity contribution in [2.24, 2.45) is 0 Å². The van der Waals surface area contributed by atoms with Crippen LogP contribution in [0.2, 0.25) is 5.02 Å². The van der Waals surface area contributed by atoms with Gasteiger partial charge in [0.2, 0.25) is 0 Å². The van der Waals surface area contributed by atoms with E-state index in [0.29, 0.717) is 38.6 Å². The molecule has 0 bridgehead atoms. The summed E-state index contributed by atoms with van der Waals surface area (Å²) in [4.78, 5) is 17.1. The molecule has 0 fully saturated rings. The Morgan fingerprint density at radius 1 is 1.04 bits per heavy atom. The zero-order valence-corrected chi connectivity index (χ0v) is 14.3. The number of benzene rings is 2. The first-order chi connectivity index (χ1) is 11.5. The third-order valence-electron chi connectivity index (χ3n) is 3.87. The van der Waals surface area contributed by atoms with Crippen molar-refractivity contribution in [2.45, 2.75) is 6.92 Å². The van der Waals surface area contributed by atoms with Crippen LogP contribution in [0.5, 0.6) is 11.5 Å². The summed E-state index contributed by atoms with van der Waals surface area (Å²) in [5, 5.41) is 0.999. The number of aryl methyl sites for hydroxylation is 1. The van der Waals surface area contributed by atoms with Gasteiger partial charge in [-0.1, -0.05) is 41.4 Å². The van der Waals surface area contributed by atoms with Gasteiger partial charge in [-0.15, -0.1) is 0 Å². The maximum Gasteiger partial charge on any atom is 0.196 e. The lowest BCUT2D eigenvalue weighted by molar-refractivity contribution is 0.103. The summed E-state index contributed by atoms with van der Waals surface area (Å²) in [5.74, 6) is 0.934. The number of fused-ring (bicyclic) bond motifs is 1. The number of nitrogens with zero attached hydrogens (tertiary/aromatic N) is 1. The standard InChI is InChI=1S/C19H16ClNO3/c1-11-4-6-12(7-5-11)19(22)14-10-21-15-9-17(24-3)16(23-2)8-13(15)18(14)20/h4-10H,1-3H3. The zero-order valence-electron chi connectivity index (χ0n) is 13.6. The quantitative estimate of drug-likeness (QED) is 0.658. The summed E-state index contributed by atoms with van der Waals surface area (Å²) in [5.41, 5.74) is 2.66. The van der Waals surface area contributed by atoms with Gasteiger partial charge in [0.05, 0.1) is 30.3 Å². The van der Waals surface area contributed by atoms with Crippen molar-refractivity contribution in [1.29, 1.82) is 0 Å². The summed E-state index contributed by atoms with van der Waals surface area (Å²) in [6.07, 6.45) is 1.50. The molecule has 0 amide bonds. The van der Waals surface area contributed by atoms with Gasteiger partial charge in [-0.2, -0.15) is 0 Å². The van der Waals surface area contributed by atoms with E-state index in [9.17, 15) is 4.79 Å². The van der Waals surface area contributed by atoms with Gasteiger partial charge >= 0.3 is 0 Å². The molecule has 0 aliphatic rings. The lowest BCUT2D eigenvalue weighted by Gasteiger charge is -2.11. The van der Waals surface area contributed by atoms with Gasteiger partial charge in [-0.05, 0) is 13.0 Å². The van der Waals surface area contributed by atoms with E-state index < -0.39 is 0 Å². The average molecular weight is 342 g/mol. The topological polar surface area (TPSA) is 48.4 Å². The summed E-state index contributed by atoms with van der Waals surface area (Å²) in [7, 11) is 3.10. The number of rotatable bonds is 4. The summed E-state index contributed by atoms with van der Waals surface area (Å²) >= 11 is 6.48. The van der Waals surface area contributed by atoms with E-state index in [2.05, 4.69) is 4.98 Å². The first-order valence-electron chi connectivity index (χ1n) is 7.36. The Hall–Kier alpha value is -2.59. The highest BCUT2D eigenvalue weighted by atomic mass is 35.5. The minimum atomic E-state index is -0.163. The van der Waals surface area contributed by atoms with Crippen molar-refractivity contribution in [1.82, 2.24) is 4.98 Å². The van der Waals surface area contributed by atoms with Gasteiger partial charge < -0.3 is 9.47 Å². The van der Waals surface area contributed by atoms with Crippen LogP contribution in [0.4, 0.5) is 0 Å². The molecule has 1 aromatic heterocycles. The molecule has 3 rings (SSSR count). The second kappa shape index (κ2) is 6.49. The molecule has 0 atom stereocenters. The van der Waals surface area contributed by atoms with Crippen LogP contribution in [0.25, 0.3) is 10.9 Å². The highest BCUT2D eigenvalue weighted by Crippen LogP contribution is 2.36. The van der Waals surface area contributed by atoms with E-state index >= 15 is 0 Å². The van der Waals surface area contributed by atoms with Crippen LogP contribution in [0.3, 0.4) is 0 Å². The fourth-order valence-electron chi connectivity index (χ4n) is 2.51. The van der Waals surface area contributed by atoms with Crippen molar-refractivity contribution < 1.29 is 14.3 Å². The van der Waals surface area contributed by atoms with Crippen LogP contribution in [-0.4, -0.2) is 25.0 Å². The maximum atomic E-state index is 12.7. The smallest absolute Gasteiger partial charge is 0.196 e. The van der Waals surface area contributed by atoms with Crippen LogP contribution in [0.1, 0.15) is 21.5 Å². The van der Waals surface area contributed by atoms with Crippen LogP contribution in [0, 0.1) is 6.92 Å². The highest BCUT2D eigenvalue weighted by molar-refractivity contribution is 6.39. The number of carbonyl (C=O) groups is 1. The highest BCUT2D eigenvalue weighted by Gasteiger charge is 2.17. The number of ether oxygens (including phenoxy) is 2. The molecule has 0 radical (unpaired) electrons. The molecule has 24 heavy (non-hydrogen) atoms. The molecule has 0 saturated heterocycles. The predicted molar refractivity (Wildman–Crippen MR) is 94.5 cm³/mol. The predicted octanol–water partition coefficient (Wildman–Crippen LogP) is 4.44. The first kappa shape index (κ1) is 16.3. The van der Waals surface area contributed by atoms with Crippen molar-refractivity contribution in [3.63, 3.8) is 0 Å². The number of methoxy groups -OCH3 is 2. The van der Waals surface area contributed by atoms with E-state index in [0.717, 1.165) is 5.56 Å². The van der Waals surface area contributed by atoms with Crippen LogP contribution in [-0.2, 0) is 0 Å². The second-order valence-electron chi connectivity index (χ2n) is 5.41. The number of ketones is 1. The van der Waals surface area contributed by atoms with E-state index in [1.165, 1.54) is 6.20 Å². The van der Waals surface area contributed by atoms with Gasteiger partial charge in [-0.25, -0.2) is 0 Å². The number of hydrogen-bond donors (Lipinski definition) is 0. The number of pyridine rings is 1. The van der Waals surface area contributed by atoms with Gasteiger partial charge in [0.1, 0.15) is 0 Å². The van der Waals surface area contributed by atoms with E-state index in [1.54, 1.807) is 38.5 Å². The summed E-state index contributed by atoms with van der Waals surface area (Å²) in [6, 6.07) is 10.8. The molecule has 2 aromatic carbocycles. The molecular weight excluding hydrogens is 326 g/mol. The lowest BCUT2D eigenvalue weighted by atomic mass is 10.0. The minimum absolute atomic E-state index is 0.163. The van der Waals surface area contributed by atoms with Gasteiger partial charge in [-0.3, -0.25) is 9.78 Å². The maximum absolute atomic E-state index is 12.7. The largest absolute Gasteiger partial charge is 0.493 e. The van der Waals surface area contributed by atoms with Gasteiger partial charge in [0.25, 0.3) is 0 Å². The number of aromatic nitrogens is 1. The molecule has 122 valence electrons. The van der Waals surface area contributed by atoms with Gasteiger partial charge in [0.15, 0.2) is 17.3 Å². The molecule has 0 saturated carbocycles. The Labute approximate surface area is 145 Å². The van der Waals surface area contributed by atoms with Crippen molar-refractivity contribution in [3.8, 4) is 11.5 Å². The second-order valence-corrected chi connectivity index (χ2v) is 5.78. The molecule has 0 N–H and O–H groups in total. The monoisotopic (exact) mass is 341 g/mol. The van der Waals surface area contributed by atoms with E-state index in [-0.39, 0.29) is 5.78 Å². The molecule has 0 aliphatic heterocycles. The first-order valence-corrected chi connectivity index (χ1v) is 7.74. The Kier molecular flexibility index (Phi) is 4.40. The third kappa shape index (κ3) is 2.81. The SMILES string of the molecule is COc1cc2ncc(C(=O)c3ccc(C)cc3)c(Cl)c2cc1OC. The summed E-state index contributed by atoms with van der Waals surface area (Å²) < 4.78 is 10.6. The molecule has 5 heteroatoms. The molecular formula is C19H16ClNO3. The molecule has 4 nitrogen and oxygen atoms in total. The van der Waals surface area contributed by atoms with E-state index in [1.807, 2.05) is 19.1 Å². The van der Waals surface area contributed by atoms with Crippen molar-refractivity contribution >= 4 is 28.3 Å². The Bertz CT molecular complexity index is 920. The van der Waals surface area contributed by atoms with Crippen LogP contribution < -0.4 is 9.47 Å². The normalized spacial score (nSPS) is 10.7. The van der Waals surface area contributed by atoms with Crippen LogP contribution >= 0.6 is 11.6 Å². The zero-order chi connectivity index (χ0) is 17.3. The summed E-state index contributed by atoms with van der Waals surface area (Å²) in [6.45, 7) is 1.97.